The monoisotopic (exact) mass is 304 g/mol. The molecule has 16 heavy (non-hydrogen) atoms. The number of hydrogen-bond donors (Lipinski definition) is 2. The summed E-state index contributed by atoms with van der Waals surface area (Å²) in [6.45, 7) is 5.39. The van der Waals surface area contributed by atoms with Crippen LogP contribution in [0.5, 0.6) is 0 Å². The van der Waals surface area contributed by atoms with Crippen molar-refractivity contribution >= 4 is 33.2 Å². The van der Waals surface area contributed by atoms with Gasteiger partial charge in [-0.15, -0.1) is 11.3 Å². The van der Waals surface area contributed by atoms with E-state index in [1.165, 1.54) is 5.56 Å². The maximum atomic E-state index is 11.5. The topological polar surface area (TPSA) is 41.1 Å². The third-order valence-corrected chi connectivity index (χ3v) is 3.73. The molecule has 0 radical (unpaired) electrons. The summed E-state index contributed by atoms with van der Waals surface area (Å²) >= 11 is 5.07. The molecule has 0 aromatic carbocycles. The highest BCUT2D eigenvalue weighted by molar-refractivity contribution is 9.11. The van der Waals surface area contributed by atoms with Crippen molar-refractivity contribution in [1.29, 1.82) is 0 Å². The van der Waals surface area contributed by atoms with Crippen molar-refractivity contribution in [2.45, 2.75) is 32.9 Å². The molecule has 3 nitrogen and oxygen atoms in total. The number of hydrogen-bond acceptors (Lipinski definition) is 3. The second-order valence-corrected chi connectivity index (χ2v) is 5.94. The smallest absolute Gasteiger partial charge is 0.236 e. The van der Waals surface area contributed by atoms with Gasteiger partial charge in [0.1, 0.15) is 0 Å². The lowest BCUT2D eigenvalue weighted by atomic mass is 10.2. The fraction of sp³-hybridized carbons (Fsp3) is 0.545. The lowest BCUT2D eigenvalue weighted by Gasteiger charge is -2.12. The Balaban J connectivity index is 2.29. The molecule has 90 valence electrons. The van der Waals surface area contributed by atoms with E-state index >= 15 is 0 Å². The van der Waals surface area contributed by atoms with Crippen molar-refractivity contribution in [3.8, 4) is 0 Å². The third kappa shape index (κ3) is 4.63. The van der Waals surface area contributed by atoms with Crippen molar-refractivity contribution in [1.82, 2.24) is 10.6 Å². The number of nitrogens with one attached hydrogen (secondary N) is 2. The van der Waals surface area contributed by atoms with E-state index in [0.717, 1.165) is 23.3 Å². The van der Waals surface area contributed by atoms with E-state index in [4.69, 9.17) is 0 Å². The molecule has 1 aromatic heterocycles. The number of thiophene rings is 1. The Bertz CT molecular complexity index is 340. The minimum absolute atomic E-state index is 0.0659. The first kappa shape index (κ1) is 13.7. The van der Waals surface area contributed by atoms with Crippen molar-refractivity contribution in [2.75, 3.05) is 6.54 Å². The van der Waals surface area contributed by atoms with E-state index in [1.807, 2.05) is 13.8 Å². The van der Waals surface area contributed by atoms with Crippen LogP contribution in [0.25, 0.3) is 0 Å². The first-order valence-electron chi connectivity index (χ1n) is 5.37. The largest absolute Gasteiger partial charge is 0.355 e. The third-order valence-electron chi connectivity index (χ3n) is 2.18. The zero-order valence-corrected chi connectivity index (χ0v) is 12.0. The van der Waals surface area contributed by atoms with Gasteiger partial charge in [-0.3, -0.25) is 4.79 Å². The maximum absolute atomic E-state index is 11.5. The van der Waals surface area contributed by atoms with Crippen molar-refractivity contribution in [3.05, 3.63) is 20.8 Å². The minimum atomic E-state index is -0.148. The maximum Gasteiger partial charge on any atom is 0.236 e. The Morgan fingerprint density at radius 3 is 2.94 bits per heavy atom. The van der Waals surface area contributed by atoms with E-state index in [0.29, 0.717) is 0 Å². The molecule has 1 aromatic rings. The molecule has 1 rings (SSSR count). The standard InChI is InChI=1S/C11H17BrN2OS/c1-3-4-13-11(15)8(2)14-6-9-5-10(12)16-7-9/h5,7-8,14H,3-4,6H2,1-2H3,(H,13,15). The van der Waals surface area contributed by atoms with Gasteiger partial charge in [-0.05, 0) is 46.3 Å². The number of carbonyl (C=O) groups excluding carboxylic acids is 1. The van der Waals surface area contributed by atoms with Crippen LogP contribution in [0.2, 0.25) is 0 Å². The van der Waals surface area contributed by atoms with Gasteiger partial charge < -0.3 is 10.6 Å². The van der Waals surface area contributed by atoms with E-state index in [-0.39, 0.29) is 11.9 Å². The molecule has 1 heterocycles. The van der Waals surface area contributed by atoms with Gasteiger partial charge in [-0.1, -0.05) is 6.92 Å². The number of halogens is 1. The van der Waals surface area contributed by atoms with Crippen LogP contribution in [0.4, 0.5) is 0 Å². The molecule has 0 saturated heterocycles. The predicted molar refractivity (Wildman–Crippen MR) is 71.6 cm³/mol. The molecular formula is C11H17BrN2OS. The first-order valence-corrected chi connectivity index (χ1v) is 7.04. The van der Waals surface area contributed by atoms with Gasteiger partial charge in [-0.2, -0.15) is 0 Å². The lowest BCUT2D eigenvalue weighted by Crippen LogP contribution is -2.41. The average Bonchev–Trinajstić information content (AvgIpc) is 2.68. The summed E-state index contributed by atoms with van der Waals surface area (Å²) in [5.41, 5.74) is 1.20. The second kappa shape index (κ2) is 7.04. The van der Waals surface area contributed by atoms with Gasteiger partial charge in [0.15, 0.2) is 0 Å². The lowest BCUT2D eigenvalue weighted by molar-refractivity contribution is -0.122. The predicted octanol–water partition coefficient (Wildman–Crippen LogP) is 2.51. The molecule has 0 aliphatic heterocycles. The average molecular weight is 305 g/mol. The summed E-state index contributed by atoms with van der Waals surface area (Å²) < 4.78 is 1.12. The van der Waals surface area contributed by atoms with E-state index in [1.54, 1.807) is 11.3 Å². The zero-order valence-electron chi connectivity index (χ0n) is 9.55. The first-order chi connectivity index (χ1) is 7.63. The fourth-order valence-corrected chi connectivity index (χ4v) is 2.41. The molecule has 0 fully saturated rings. The molecule has 0 aliphatic carbocycles. The van der Waals surface area contributed by atoms with Gasteiger partial charge in [0.25, 0.3) is 0 Å². The second-order valence-electron chi connectivity index (χ2n) is 3.65. The molecule has 0 spiro atoms. The van der Waals surface area contributed by atoms with Crippen molar-refractivity contribution < 1.29 is 4.79 Å². The number of amides is 1. The summed E-state index contributed by atoms with van der Waals surface area (Å²) in [6.07, 6.45) is 0.968. The summed E-state index contributed by atoms with van der Waals surface area (Å²) in [6, 6.07) is 1.92. The van der Waals surface area contributed by atoms with E-state index in [2.05, 4.69) is 38.0 Å². The van der Waals surface area contributed by atoms with Crippen LogP contribution in [0, 0.1) is 0 Å². The molecule has 2 N–H and O–H groups in total. The summed E-state index contributed by atoms with van der Waals surface area (Å²) in [4.78, 5) is 11.5. The summed E-state index contributed by atoms with van der Waals surface area (Å²) in [5, 5.41) is 8.14. The number of rotatable bonds is 6. The van der Waals surface area contributed by atoms with Crippen LogP contribution < -0.4 is 10.6 Å². The van der Waals surface area contributed by atoms with Gasteiger partial charge >= 0.3 is 0 Å². The Labute approximate surface area is 109 Å². The van der Waals surface area contributed by atoms with E-state index < -0.39 is 0 Å². The summed E-state index contributed by atoms with van der Waals surface area (Å²) in [5.74, 6) is 0.0659. The molecule has 1 atom stereocenters. The van der Waals surface area contributed by atoms with Crippen LogP contribution in [0.1, 0.15) is 25.8 Å². The Hall–Kier alpha value is -0.390. The highest BCUT2D eigenvalue weighted by atomic mass is 79.9. The molecule has 0 bridgehead atoms. The summed E-state index contributed by atoms with van der Waals surface area (Å²) in [7, 11) is 0. The SMILES string of the molecule is CCCNC(=O)C(C)NCc1csc(Br)c1. The van der Waals surface area contributed by atoms with Gasteiger partial charge in [0.2, 0.25) is 5.91 Å². The van der Waals surface area contributed by atoms with Crippen molar-refractivity contribution in [2.24, 2.45) is 0 Å². The Morgan fingerprint density at radius 2 is 2.38 bits per heavy atom. The minimum Gasteiger partial charge on any atom is -0.355 e. The molecule has 1 amide bonds. The normalized spacial score (nSPS) is 12.4. The van der Waals surface area contributed by atoms with Gasteiger partial charge in [0.05, 0.1) is 9.83 Å². The highest BCUT2D eigenvalue weighted by Gasteiger charge is 2.11. The van der Waals surface area contributed by atoms with E-state index in [9.17, 15) is 4.79 Å². The Morgan fingerprint density at radius 1 is 1.62 bits per heavy atom. The molecular weight excluding hydrogens is 288 g/mol. The van der Waals surface area contributed by atoms with Crippen LogP contribution in [0.3, 0.4) is 0 Å². The van der Waals surface area contributed by atoms with Crippen molar-refractivity contribution in [3.63, 3.8) is 0 Å². The van der Waals surface area contributed by atoms with Crippen LogP contribution >= 0.6 is 27.3 Å². The quantitative estimate of drug-likeness (QED) is 0.848. The van der Waals surface area contributed by atoms with Gasteiger partial charge in [-0.25, -0.2) is 0 Å². The molecule has 5 heteroatoms. The highest BCUT2D eigenvalue weighted by Crippen LogP contribution is 2.20. The molecule has 0 aliphatic rings. The number of carbonyl (C=O) groups is 1. The van der Waals surface area contributed by atoms with Gasteiger partial charge in [0, 0.05) is 13.1 Å². The molecule has 0 saturated carbocycles. The van der Waals surface area contributed by atoms with Crippen LogP contribution in [-0.2, 0) is 11.3 Å². The van der Waals surface area contributed by atoms with Crippen LogP contribution in [-0.4, -0.2) is 18.5 Å². The molecule has 1 unspecified atom stereocenters. The fourth-order valence-electron chi connectivity index (χ4n) is 1.20. The zero-order chi connectivity index (χ0) is 12.0. The van der Waals surface area contributed by atoms with Crippen LogP contribution in [0.15, 0.2) is 15.2 Å². The Kier molecular flexibility index (Phi) is 6.01.